The number of esters is 1. The van der Waals surface area contributed by atoms with Crippen LogP contribution in [0.3, 0.4) is 0 Å². The van der Waals surface area contributed by atoms with E-state index in [0.717, 1.165) is 10.2 Å². The third-order valence-electron chi connectivity index (χ3n) is 6.18. The van der Waals surface area contributed by atoms with E-state index in [1.807, 2.05) is 31.0 Å². The number of hydrogen-bond acceptors (Lipinski definition) is 7. The summed E-state index contributed by atoms with van der Waals surface area (Å²) in [4.78, 5) is 15.6. The van der Waals surface area contributed by atoms with Gasteiger partial charge in [-0.2, -0.15) is 0 Å². The molecule has 0 saturated carbocycles. The topological polar surface area (TPSA) is 71.0 Å². The van der Waals surface area contributed by atoms with Crippen LogP contribution in [0, 0.1) is 11.8 Å². The monoisotopic (exact) mass is 534 g/mol. The highest BCUT2D eigenvalue weighted by Gasteiger charge is 2.58. The second-order valence-electron chi connectivity index (χ2n) is 10.2. The summed E-state index contributed by atoms with van der Waals surface area (Å²) in [5, 5.41) is 15.1. The summed E-state index contributed by atoms with van der Waals surface area (Å²) in [5.41, 5.74) is 0.485. The highest BCUT2D eigenvalue weighted by Crippen LogP contribution is 2.53. The standard InChI is InChI=1S/C22H39BrN2O4SSi/c1-14(2)13-28-21(27)18-16(12-24-11-9-10-23)30-20-17(19(26)25(18)20)15(3)29-31(7,8)22(4,5)6/h9,11,14-15,17,19-20,24,26H,10,12-13H2,1-8H3/b11-9+/t15-,17+,19?,20?/m1/s1. The number of halogens is 1. The first-order valence-corrected chi connectivity index (χ1v) is 15.9. The Labute approximate surface area is 201 Å². The van der Waals surface area contributed by atoms with Gasteiger partial charge in [0, 0.05) is 16.8 Å². The van der Waals surface area contributed by atoms with Gasteiger partial charge in [0.05, 0.1) is 24.0 Å². The zero-order chi connectivity index (χ0) is 23.6. The van der Waals surface area contributed by atoms with E-state index < -0.39 is 14.5 Å². The predicted octanol–water partition coefficient (Wildman–Crippen LogP) is 4.63. The van der Waals surface area contributed by atoms with Gasteiger partial charge >= 0.3 is 5.97 Å². The Morgan fingerprint density at radius 2 is 2.00 bits per heavy atom. The maximum Gasteiger partial charge on any atom is 0.355 e. The minimum absolute atomic E-state index is 0.0201. The van der Waals surface area contributed by atoms with Crippen LogP contribution in [-0.4, -0.2) is 60.5 Å². The third kappa shape index (κ3) is 6.10. The van der Waals surface area contributed by atoms with Gasteiger partial charge in [0.2, 0.25) is 0 Å². The van der Waals surface area contributed by atoms with Crippen LogP contribution in [0.25, 0.3) is 0 Å². The lowest BCUT2D eigenvalue weighted by atomic mass is 9.90. The quantitative estimate of drug-likeness (QED) is 0.240. The molecule has 6 nitrogen and oxygen atoms in total. The molecule has 178 valence electrons. The second kappa shape index (κ2) is 10.6. The number of alkyl halides is 1. The number of aliphatic hydroxyl groups excluding tert-OH is 1. The lowest BCUT2D eigenvalue weighted by Gasteiger charge is -2.53. The Morgan fingerprint density at radius 3 is 2.55 bits per heavy atom. The Hall–Kier alpha value is -0.483. The van der Waals surface area contributed by atoms with E-state index in [2.05, 4.69) is 62.0 Å². The van der Waals surface area contributed by atoms with Crippen molar-refractivity contribution in [3.05, 3.63) is 22.9 Å². The van der Waals surface area contributed by atoms with Crippen molar-refractivity contribution < 1.29 is 19.1 Å². The summed E-state index contributed by atoms with van der Waals surface area (Å²) >= 11 is 5.00. The normalized spacial score (nSPS) is 25.1. The second-order valence-corrected chi connectivity index (χ2v) is 16.8. The van der Waals surface area contributed by atoms with E-state index in [1.165, 1.54) is 0 Å². The van der Waals surface area contributed by atoms with Crippen molar-refractivity contribution >= 4 is 42.0 Å². The molecule has 1 fully saturated rings. The number of thioether (sulfide) groups is 1. The molecule has 2 heterocycles. The molecule has 0 aromatic rings. The molecule has 0 aliphatic carbocycles. The Balaban J connectivity index is 2.17. The summed E-state index contributed by atoms with van der Waals surface area (Å²) in [6.07, 6.45) is 2.97. The summed E-state index contributed by atoms with van der Waals surface area (Å²) in [7, 11) is -1.97. The number of fused-ring (bicyclic) bond motifs is 1. The summed E-state index contributed by atoms with van der Waals surface area (Å²) in [6.45, 7) is 18.1. The molecule has 1 saturated heterocycles. The van der Waals surface area contributed by atoms with Crippen LogP contribution in [0.2, 0.25) is 18.1 Å². The van der Waals surface area contributed by atoms with Crippen LogP contribution in [-0.2, 0) is 14.0 Å². The van der Waals surface area contributed by atoms with E-state index in [9.17, 15) is 9.90 Å². The molecule has 0 spiro atoms. The van der Waals surface area contributed by atoms with Gasteiger partial charge in [-0.1, -0.05) is 56.6 Å². The maximum atomic E-state index is 12.9. The molecule has 2 unspecified atom stereocenters. The zero-order valence-electron chi connectivity index (χ0n) is 20.1. The Morgan fingerprint density at radius 1 is 1.35 bits per heavy atom. The molecule has 0 radical (unpaired) electrons. The van der Waals surface area contributed by atoms with E-state index in [-0.39, 0.29) is 34.3 Å². The third-order valence-corrected chi connectivity index (χ3v) is 12.5. The molecule has 2 aliphatic rings. The molecular formula is C22H39BrN2O4SSi. The van der Waals surface area contributed by atoms with Crippen molar-refractivity contribution in [3.8, 4) is 0 Å². The number of hydrogen-bond donors (Lipinski definition) is 2. The first-order chi connectivity index (χ1) is 14.3. The van der Waals surface area contributed by atoms with Crippen LogP contribution in [0.5, 0.6) is 0 Å². The average Bonchev–Trinajstić information content (AvgIpc) is 2.96. The number of aliphatic hydroxyl groups is 1. The Kier molecular flexibility index (Phi) is 9.18. The van der Waals surface area contributed by atoms with Gasteiger partial charge in [0.15, 0.2) is 8.32 Å². The molecule has 9 heteroatoms. The smallest absolute Gasteiger partial charge is 0.355 e. The minimum atomic E-state index is -1.97. The van der Waals surface area contributed by atoms with Crippen molar-refractivity contribution in [2.24, 2.45) is 11.8 Å². The number of carbonyl (C=O) groups is 1. The van der Waals surface area contributed by atoms with Crippen LogP contribution >= 0.6 is 27.7 Å². The van der Waals surface area contributed by atoms with E-state index in [0.29, 0.717) is 18.8 Å². The van der Waals surface area contributed by atoms with Gasteiger partial charge in [-0.15, -0.1) is 11.8 Å². The molecular weight excluding hydrogens is 496 g/mol. The molecule has 2 rings (SSSR count). The van der Waals surface area contributed by atoms with Crippen LogP contribution in [0.15, 0.2) is 22.9 Å². The first kappa shape index (κ1) is 26.8. The average molecular weight is 536 g/mol. The number of ether oxygens (including phenoxy) is 1. The number of rotatable bonds is 10. The minimum Gasteiger partial charge on any atom is -0.461 e. The fraction of sp³-hybridized carbons (Fsp3) is 0.773. The van der Waals surface area contributed by atoms with Crippen molar-refractivity contribution in [3.63, 3.8) is 0 Å². The van der Waals surface area contributed by atoms with Crippen molar-refractivity contribution in [1.82, 2.24) is 10.2 Å². The number of carbonyl (C=O) groups excluding carboxylic acids is 1. The molecule has 0 aromatic heterocycles. The van der Waals surface area contributed by atoms with E-state index in [4.69, 9.17) is 9.16 Å². The first-order valence-electron chi connectivity index (χ1n) is 11.0. The number of nitrogens with zero attached hydrogens (tertiary/aromatic N) is 1. The number of nitrogens with one attached hydrogen (secondary N) is 1. The molecule has 31 heavy (non-hydrogen) atoms. The van der Waals surface area contributed by atoms with Crippen molar-refractivity contribution in [2.45, 2.75) is 77.4 Å². The molecule has 0 amide bonds. The van der Waals surface area contributed by atoms with Crippen LogP contribution in [0.1, 0.15) is 41.5 Å². The molecule has 0 aromatic carbocycles. The van der Waals surface area contributed by atoms with Crippen LogP contribution < -0.4 is 5.32 Å². The molecule has 0 bridgehead atoms. The summed E-state index contributed by atoms with van der Waals surface area (Å²) < 4.78 is 12.1. The zero-order valence-corrected chi connectivity index (χ0v) is 23.5. The van der Waals surface area contributed by atoms with Gasteiger partial charge in [0.1, 0.15) is 11.9 Å². The lowest BCUT2D eigenvalue weighted by molar-refractivity contribution is -0.168. The fourth-order valence-electron chi connectivity index (χ4n) is 3.44. The van der Waals surface area contributed by atoms with E-state index >= 15 is 0 Å². The van der Waals surface area contributed by atoms with Crippen molar-refractivity contribution in [1.29, 1.82) is 0 Å². The van der Waals surface area contributed by atoms with Crippen LogP contribution in [0.4, 0.5) is 0 Å². The van der Waals surface area contributed by atoms with Crippen molar-refractivity contribution in [2.75, 3.05) is 18.5 Å². The molecule has 2 N–H and O–H groups in total. The van der Waals surface area contributed by atoms with Gasteiger partial charge in [-0.3, -0.25) is 0 Å². The summed E-state index contributed by atoms with van der Waals surface area (Å²) in [5.74, 6) is -0.173. The lowest BCUT2D eigenvalue weighted by Crippen LogP contribution is -2.65. The van der Waals surface area contributed by atoms with Gasteiger partial charge in [0.25, 0.3) is 0 Å². The van der Waals surface area contributed by atoms with Gasteiger partial charge in [-0.05, 0) is 37.2 Å². The largest absolute Gasteiger partial charge is 0.461 e. The predicted molar refractivity (Wildman–Crippen MR) is 134 cm³/mol. The Bertz CT molecular complexity index is 708. The highest BCUT2D eigenvalue weighted by molar-refractivity contribution is 9.09. The number of allylic oxidation sites excluding steroid dienone is 1. The fourth-order valence-corrected chi connectivity index (χ4v) is 6.69. The summed E-state index contributed by atoms with van der Waals surface area (Å²) in [6, 6.07) is 0. The molecule has 2 aliphatic heterocycles. The van der Waals surface area contributed by atoms with Gasteiger partial charge < -0.3 is 24.5 Å². The highest BCUT2D eigenvalue weighted by atomic mass is 79.9. The van der Waals surface area contributed by atoms with Gasteiger partial charge in [-0.25, -0.2) is 4.79 Å². The molecule has 4 atom stereocenters. The maximum absolute atomic E-state index is 12.9. The van der Waals surface area contributed by atoms with E-state index in [1.54, 1.807) is 11.8 Å². The SMILES string of the molecule is CC(C)COC(=O)C1=C(CN/C=C/CBr)SC2[C@@H]([C@@H](C)O[Si](C)(C)C(C)(C)C)C(O)N12.